The number of imidazole rings is 1. The van der Waals surface area contributed by atoms with Crippen molar-refractivity contribution in [2.75, 3.05) is 13.1 Å². The SMILES string of the molecule is Cc1nc2c(n1C1CC3CCC(C1)N3CC[C@H](NC(=O)O)c1cccc(F)c1)CNCC2. The van der Waals surface area contributed by atoms with Gasteiger partial charge in [0.1, 0.15) is 11.6 Å². The molecule has 2 unspecified atom stereocenters. The number of nitrogens with zero attached hydrogens (tertiary/aromatic N) is 3. The standard InChI is InChI=1S/C24H32FN5O2/c1-15-27-22-7-9-26-14-23(22)30(15)20-12-18-5-6-19(13-20)29(18)10-8-21(28-24(31)32)16-3-2-4-17(25)11-16/h2-4,11,18-21,26,28H,5-10,12-14H2,1H3,(H,31,32)/t18?,19?,20?,21-/m0/s1. The minimum Gasteiger partial charge on any atom is -0.465 e. The molecule has 2 bridgehead atoms. The zero-order valence-electron chi connectivity index (χ0n) is 18.6. The number of carbonyl (C=O) groups is 1. The molecule has 32 heavy (non-hydrogen) atoms. The number of benzene rings is 1. The number of carboxylic acid groups (broad SMARTS) is 1. The lowest BCUT2D eigenvalue weighted by Gasteiger charge is -2.41. The normalized spacial score (nSPS) is 26.0. The fourth-order valence-corrected chi connectivity index (χ4v) is 6.23. The highest BCUT2D eigenvalue weighted by molar-refractivity contribution is 5.65. The van der Waals surface area contributed by atoms with Gasteiger partial charge in [-0.15, -0.1) is 0 Å². The first kappa shape index (κ1) is 21.4. The second-order valence-electron chi connectivity index (χ2n) is 9.44. The van der Waals surface area contributed by atoms with Gasteiger partial charge in [0.2, 0.25) is 0 Å². The maximum atomic E-state index is 13.7. The number of rotatable bonds is 6. The predicted molar refractivity (Wildman–Crippen MR) is 119 cm³/mol. The molecule has 0 saturated carbocycles. The molecule has 0 spiro atoms. The Bertz CT molecular complexity index is 979. The molecule has 2 saturated heterocycles. The Morgan fingerprint density at radius 2 is 2.09 bits per heavy atom. The van der Waals surface area contributed by atoms with E-state index in [0.29, 0.717) is 30.1 Å². The van der Waals surface area contributed by atoms with Crippen LogP contribution in [0.4, 0.5) is 9.18 Å². The molecule has 0 radical (unpaired) electrons. The third kappa shape index (κ3) is 4.13. The molecule has 3 aliphatic rings. The summed E-state index contributed by atoms with van der Waals surface area (Å²) in [5.74, 6) is 0.794. The van der Waals surface area contributed by atoms with Crippen molar-refractivity contribution >= 4 is 6.09 Å². The molecule has 3 atom stereocenters. The van der Waals surface area contributed by atoms with Gasteiger partial charge in [0.25, 0.3) is 0 Å². The van der Waals surface area contributed by atoms with E-state index >= 15 is 0 Å². The van der Waals surface area contributed by atoms with Crippen LogP contribution < -0.4 is 10.6 Å². The number of piperidine rings is 1. The molecule has 3 aliphatic heterocycles. The van der Waals surface area contributed by atoms with Gasteiger partial charge >= 0.3 is 6.09 Å². The summed E-state index contributed by atoms with van der Waals surface area (Å²) in [7, 11) is 0. The first-order chi connectivity index (χ1) is 15.5. The van der Waals surface area contributed by atoms with Crippen molar-refractivity contribution in [3.05, 3.63) is 52.9 Å². The lowest BCUT2D eigenvalue weighted by atomic mass is 9.95. The molecule has 172 valence electrons. The number of hydrogen-bond acceptors (Lipinski definition) is 4. The van der Waals surface area contributed by atoms with E-state index in [4.69, 9.17) is 4.98 Å². The van der Waals surface area contributed by atoms with Gasteiger partial charge in [-0.25, -0.2) is 14.2 Å². The van der Waals surface area contributed by atoms with E-state index in [1.165, 1.54) is 36.4 Å². The molecule has 1 amide bonds. The molecule has 3 N–H and O–H groups in total. The van der Waals surface area contributed by atoms with Crippen LogP contribution in [-0.2, 0) is 13.0 Å². The van der Waals surface area contributed by atoms with Crippen LogP contribution in [0.1, 0.15) is 67.0 Å². The zero-order chi connectivity index (χ0) is 22.2. The lowest BCUT2D eigenvalue weighted by Crippen LogP contribution is -2.45. The van der Waals surface area contributed by atoms with Crippen molar-refractivity contribution < 1.29 is 14.3 Å². The van der Waals surface area contributed by atoms with Gasteiger partial charge < -0.3 is 20.3 Å². The Labute approximate surface area is 188 Å². The molecule has 2 fully saturated rings. The van der Waals surface area contributed by atoms with Crippen LogP contribution in [0.2, 0.25) is 0 Å². The second-order valence-corrected chi connectivity index (χ2v) is 9.44. The average molecular weight is 442 g/mol. The molecule has 5 rings (SSSR count). The van der Waals surface area contributed by atoms with E-state index in [2.05, 4.69) is 27.0 Å². The van der Waals surface area contributed by atoms with Gasteiger partial charge in [-0.05, 0) is 56.7 Å². The number of amides is 1. The number of halogens is 1. The van der Waals surface area contributed by atoms with Crippen molar-refractivity contribution in [3.8, 4) is 0 Å². The van der Waals surface area contributed by atoms with Crippen LogP contribution in [0.25, 0.3) is 0 Å². The molecular weight excluding hydrogens is 409 g/mol. The van der Waals surface area contributed by atoms with E-state index in [-0.39, 0.29) is 5.82 Å². The second kappa shape index (κ2) is 8.83. The van der Waals surface area contributed by atoms with Crippen LogP contribution in [0, 0.1) is 12.7 Å². The number of nitrogens with one attached hydrogen (secondary N) is 2. The first-order valence-corrected chi connectivity index (χ1v) is 11.8. The smallest absolute Gasteiger partial charge is 0.405 e. The quantitative estimate of drug-likeness (QED) is 0.639. The van der Waals surface area contributed by atoms with Gasteiger partial charge in [-0.2, -0.15) is 0 Å². The molecule has 7 nitrogen and oxygen atoms in total. The number of hydrogen-bond donors (Lipinski definition) is 3. The molecule has 4 heterocycles. The maximum absolute atomic E-state index is 13.7. The molecular formula is C24H32FN5O2. The Morgan fingerprint density at radius 3 is 2.81 bits per heavy atom. The fraction of sp³-hybridized carbons (Fsp3) is 0.583. The van der Waals surface area contributed by atoms with Gasteiger partial charge in [-0.3, -0.25) is 4.90 Å². The highest BCUT2D eigenvalue weighted by Crippen LogP contribution is 2.42. The third-order valence-electron chi connectivity index (χ3n) is 7.55. The molecule has 2 aromatic rings. The molecule has 0 aliphatic carbocycles. The van der Waals surface area contributed by atoms with E-state index in [9.17, 15) is 14.3 Å². The van der Waals surface area contributed by atoms with Crippen molar-refractivity contribution in [2.24, 2.45) is 0 Å². The third-order valence-corrected chi connectivity index (χ3v) is 7.55. The van der Waals surface area contributed by atoms with Crippen molar-refractivity contribution in [1.82, 2.24) is 25.1 Å². The van der Waals surface area contributed by atoms with Crippen LogP contribution in [0.5, 0.6) is 0 Å². The van der Waals surface area contributed by atoms with Gasteiger partial charge in [0.05, 0.1) is 17.4 Å². The first-order valence-electron chi connectivity index (χ1n) is 11.8. The number of aromatic nitrogens is 2. The van der Waals surface area contributed by atoms with Crippen LogP contribution in [0.15, 0.2) is 24.3 Å². The molecule has 1 aromatic carbocycles. The Kier molecular flexibility index (Phi) is 5.90. The Morgan fingerprint density at radius 1 is 1.31 bits per heavy atom. The van der Waals surface area contributed by atoms with E-state index in [0.717, 1.165) is 44.7 Å². The summed E-state index contributed by atoms with van der Waals surface area (Å²) in [6.07, 6.45) is 5.16. The highest BCUT2D eigenvalue weighted by atomic mass is 19.1. The summed E-state index contributed by atoms with van der Waals surface area (Å²) in [5, 5.41) is 15.4. The average Bonchev–Trinajstić information content (AvgIpc) is 3.22. The largest absolute Gasteiger partial charge is 0.465 e. The van der Waals surface area contributed by atoms with Crippen LogP contribution in [-0.4, -0.2) is 50.8 Å². The lowest BCUT2D eigenvalue weighted by molar-refractivity contribution is 0.0996. The summed E-state index contributed by atoms with van der Waals surface area (Å²) in [6.45, 7) is 4.85. The maximum Gasteiger partial charge on any atom is 0.405 e. The summed E-state index contributed by atoms with van der Waals surface area (Å²) >= 11 is 0. The van der Waals surface area contributed by atoms with Gasteiger partial charge in [0, 0.05) is 44.2 Å². The van der Waals surface area contributed by atoms with E-state index < -0.39 is 12.1 Å². The van der Waals surface area contributed by atoms with Crippen LogP contribution >= 0.6 is 0 Å². The van der Waals surface area contributed by atoms with Gasteiger partial charge in [-0.1, -0.05) is 12.1 Å². The fourth-order valence-electron chi connectivity index (χ4n) is 6.23. The van der Waals surface area contributed by atoms with E-state index in [1.54, 1.807) is 12.1 Å². The topological polar surface area (TPSA) is 82.4 Å². The minimum absolute atomic E-state index is 0.339. The molecule has 8 heteroatoms. The van der Waals surface area contributed by atoms with Crippen molar-refractivity contribution in [1.29, 1.82) is 0 Å². The van der Waals surface area contributed by atoms with Crippen LogP contribution in [0.3, 0.4) is 0 Å². The molecule has 1 aromatic heterocycles. The monoisotopic (exact) mass is 441 g/mol. The Balaban J connectivity index is 1.28. The van der Waals surface area contributed by atoms with Crippen molar-refractivity contribution in [2.45, 2.75) is 76.2 Å². The number of fused-ring (bicyclic) bond motifs is 3. The zero-order valence-corrected chi connectivity index (χ0v) is 18.6. The summed E-state index contributed by atoms with van der Waals surface area (Å²) in [6, 6.07) is 7.34. The summed E-state index contributed by atoms with van der Waals surface area (Å²) in [5.41, 5.74) is 3.31. The predicted octanol–water partition coefficient (Wildman–Crippen LogP) is 3.54. The summed E-state index contributed by atoms with van der Waals surface area (Å²) in [4.78, 5) is 18.8. The van der Waals surface area contributed by atoms with E-state index in [1.807, 2.05) is 0 Å². The summed E-state index contributed by atoms with van der Waals surface area (Å²) < 4.78 is 16.2. The number of aryl methyl sites for hydroxylation is 1. The highest BCUT2D eigenvalue weighted by Gasteiger charge is 2.42. The van der Waals surface area contributed by atoms with Crippen molar-refractivity contribution in [3.63, 3.8) is 0 Å². The Hall–Kier alpha value is -2.45. The van der Waals surface area contributed by atoms with Gasteiger partial charge in [0.15, 0.2) is 0 Å². The minimum atomic E-state index is -1.07.